The van der Waals surface area contributed by atoms with Gasteiger partial charge in [0.15, 0.2) is 11.6 Å². The number of methoxy groups -OCH3 is 1. The zero-order chi connectivity index (χ0) is 11.6. The number of hydrogen-bond donors (Lipinski definition) is 1. The zero-order valence-corrected chi connectivity index (χ0v) is 7.61. The van der Waals surface area contributed by atoms with Gasteiger partial charge >= 0.3 is 0 Å². The van der Waals surface area contributed by atoms with Crippen LogP contribution in [0.3, 0.4) is 0 Å². The maximum atomic E-state index is 12.5. The average molecular weight is 219 g/mol. The largest absolute Gasteiger partial charge is 0.492 e. The molecule has 0 unspecified atom stereocenters. The SMILES string of the molecule is COc1c(N)ncc([N+](=O)[O-])c1C(F)F. The van der Waals surface area contributed by atoms with E-state index in [1.807, 2.05) is 0 Å². The minimum atomic E-state index is -3.05. The maximum absolute atomic E-state index is 12.5. The van der Waals surface area contributed by atoms with Crippen molar-refractivity contribution in [2.75, 3.05) is 12.8 Å². The molecule has 1 rings (SSSR count). The van der Waals surface area contributed by atoms with Crippen LogP contribution in [0.5, 0.6) is 5.75 Å². The Bertz CT molecular complexity index is 397. The van der Waals surface area contributed by atoms with Gasteiger partial charge in [-0.1, -0.05) is 0 Å². The van der Waals surface area contributed by atoms with Gasteiger partial charge in [0.1, 0.15) is 11.8 Å². The van der Waals surface area contributed by atoms with E-state index in [0.29, 0.717) is 6.20 Å². The summed E-state index contributed by atoms with van der Waals surface area (Å²) in [5.74, 6) is -0.766. The molecule has 15 heavy (non-hydrogen) atoms. The second-order valence-corrected chi connectivity index (χ2v) is 2.53. The van der Waals surface area contributed by atoms with E-state index in [1.54, 1.807) is 0 Å². The molecule has 0 aromatic carbocycles. The second-order valence-electron chi connectivity index (χ2n) is 2.53. The number of pyridine rings is 1. The van der Waals surface area contributed by atoms with E-state index in [1.165, 1.54) is 0 Å². The van der Waals surface area contributed by atoms with Gasteiger partial charge in [-0.15, -0.1) is 0 Å². The van der Waals surface area contributed by atoms with Gasteiger partial charge in [0.25, 0.3) is 12.1 Å². The third kappa shape index (κ3) is 1.92. The molecule has 1 heterocycles. The Morgan fingerprint density at radius 1 is 1.67 bits per heavy atom. The van der Waals surface area contributed by atoms with Crippen LogP contribution in [0.25, 0.3) is 0 Å². The van der Waals surface area contributed by atoms with Gasteiger partial charge in [0.2, 0.25) is 0 Å². The van der Waals surface area contributed by atoms with E-state index in [2.05, 4.69) is 9.72 Å². The fraction of sp³-hybridized carbons (Fsp3) is 0.286. The van der Waals surface area contributed by atoms with Crippen LogP contribution < -0.4 is 10.5 Å². The molecule has 0 aliphatic rings. The summed E-state index contributed by atoms with van der Waals surface area (Å²) < 4.78 is 29.7. The van der Waals surface area contributed by atoms with Crippen molar-refractivity contribution in [3.63, 3.8) is 0 Å². The normalized spacial score (nSPS) is 10.4. The van der Waals surface area contributed by atoms with Crippen LogP contribution in [-0.4, -0.2) is 17.0 Å². The number of halogens is 2. The van der Waals surface area contributed by atoms with Gasteiger partial charge in [-0.25, -0.2) is 13.8 Å². The molecule has 1 aromatic rings. The summed E-state index contributed by atoms with van der Waals surface area (Å²) in [5.41, 5.74) is 3.59. The lowest BCUT2D eigenvalue weighted by molar-refractivity contribution is -0.386. The molecule has 0 saturated heterocycles. The van der Waals surface area contributed by atoms with E-state index in [4.69, 9.17) is 5.73 Å². The molecule has 82 valence electrons. The molecule has 0 radical (unpaired) electrons. The van der Waals surface area contributed by atoms with Crippen molar-refractivity contribution in [1.82, 2.24) is 4.98 Å². The number of alkyl halides is 2. The highest BCUT2D eigenvalue weighted by molar-refractivity contribution is 5.59. The number of nitrogens with zero attached hydrogens (tertiary/aromatic N) is 2. The Kier molecular flexibility index (Phi) is 2.98. The molecule has 0 fully saturated rings. The number of aromatic nitrogens is 1. The first-order valence-corrected chi connectivity index (χ1v) is 3.74. The summed E-state index contributed by atoms with van der Waals surface area (Å²) in [4.78, 5) is 12.9. The van der Waals surface area contributed by atoms with Gasteiger partial charge in [-0.05, 0) is 0 Å². The fourth-order valence-corrected chi connectivity index (χ4v) is 1.08. The summed E-state index contributed by atoms with van der Waals surface area (Å²) in [5, 5.41) is 10.4. The third-order valence-corrected chi connectivity index (χ3v) is 1.70. The summed E-state index contributed by atoms with van der Waals surface area (Å²) in [6.07, 6.45) is -2.37. The molecular formula is C7H7F2N3O3. The van der Waals surface area contributed by atoms with Crippen LogP contribution in [-0.2, 0) is 0 Å². The molecule has 6 nitrogen and oxygen atoms in total. The van der Waals surface area contributed by atoms with Crippen LogP contribution in [0.2, 0.25) is 0 Å². The first-order chi connectivity index (χ1) is 6.99. The Balaban J connectivity index is 3.49. The lowest BCUT2D eigenvalue weighted by Gasteiger charge is -2.09. The van der Waals surface area contributed by atoms with Crippen LogP contribution >= 0.6 is 0 Å². The quantitative estimate of drug-likeness (QED) is 0.614. The Morgan fingerprint density at radius 3 is 2.67 bits per heavy atom. The van der Waals surface area contributed by atoms with E-state index in [-0.39, 0.29) is 5.82 Å². The first kappa shape index (κ1) is 11.1. The predicted molar refractivity (Wildman–Crippen MR) is 46.8 cm³/mol. The number of anilines is 1. The number of nitro groups is 1. The number of rotatable bonds is 3. The first-order valence-electron chi connectivity index (χ1n) is 3.74. The van der Waals surface area contributed by atoms with Crippen LogP contribution in [0.4, 0.5) is 20.3 Å². The van der Waals surface area contributed by atoms with E-state index < -0.39 is 28.3 Å². The van der Waals surface area contributed by atoms with Crippen LogP contribution in [0, 0.1) is 10.1 Å². The highest BCUT2D eigenvalue weighted by atomic mass is 19.3. The monoisotopic (exact) mass is 219 g/mol. The number of ether oxygens (including phenoxy) is 1. The topological polar surface area (TPSA) is 91.3 Å². The van der Waals surface area contributed by atoms with E-state index in [9.17, 15) is 18.9 Å². The molecule has 8 heteroatoms. The molecule has 0 amide bonds. The second kappa shape index (κ2) is 4.03. The predicted octanol–water partition coefficient (Wildman–Crippen LogP) is 1.52. The summed E-state index contributed by atoms with van der Waals surface area (Å²) in [6.45, 7) is 0. The molecule has 0 saturated carbocycles. The third-order valence-electron chi connectivity index (χ3n) is 1.70. The number of hydrogen-bond acceptors (Lipinski definition) is 5. The van der Waals surface area contributed by atoms with Crippen molar-refractivity contribution in [2.24, 2.45) is 0 Å². The Labute approximate surface area is 82.8 Å². The lowest BCUT2D eigenvalue weighted by Crippen LogP contribution is -2.04. The molecule has 0 aliphatic heterocycles. The van der Waals surface area contributed by atoms with Crippen molar-refractivity contribution in [1.29, 1.82) is 0 Å². The van der Waals surface area contributed by atoms with Crippen molar-refractivity contribution < 1.29 is 18.4 Å². The smallest absolute Gasteiger partial charge is 0.300 e. The van der Waals surface area contributed by atoms with Gasteiger partial charge in [-0.2, -0.15) is 0 Å². The summed E-state index contributed by atoms with van der Waals surface area (Å²) in [6, 6.07) is 0. The summed E-state index contributed by atoms with van der Waals surface area (Å²) >= 11 is 0. The summed E-state index contributed by atoms with van der Waals surface area (Å²) in [7, 11) is 1.09. The number of nitrogen functional groups attached to an aromatic ring is 1. The maximum Gasteiger partial charge on any atom is 0.300 e. The van der Waals surface area contributed by atoms with Gasteiger partial charge in [0, 0.05) is 0 Å². The van der Waals surface area contributed by atoms with Crippen molar-refractivity contribution in [3.8, 4) is 5.75 Å². The standard InChI is InChI=1S/C7H7F2N3O3/c1-15-5-4(6(8)9)3(12(13)14)2-11-7(5)10/h2,6H,1H3,(H2,10,11). The van der Waals surface area contributed by atoms with Crippen molar-refractivity contribution in [3.05, 3.63) is 21.9 Å². The minimum Gasteiger partial charge on any atom is -0.492 e. The van der Waals surface area contributed by atoms with Crippen LogP contribution in [0.15, 0.2) is 6.20 Å². The van der Waals surface area contributed by atoms with Gasteiger partial charge in [-0.3, -0.25) is 10.1 Å². The van der Waals surface area contributed by atoms with Crippen molar-refractivity contribution in [2.45, 2.75) is 6.43 Å². The average Bonchev–Trinajstić information content (AvgIpc) is 2.16. The molecule has 0 atom stereocenters. The van der Waals surface area contributed by atoms with E-state index >= 15 is 0 Å². The Hall–Kier alpha value is -1.99. The molecule has 0 spiro atoms. The van der Waals surface area contributed by atoms with Crippen molar-refractivity contribution >= 4 is 11.5 Å². The number of nitrogens with two attached hydrogens (primary N) is 1. The van der Waals surface area contributed by atoms with E-state index in [0.717, 1.165) is 7.11 Å². The minimum absolute atomic E-state index is 0.307. The molecule has 1 aromatic heterocycles. The van der Waals surface area contributed by atoms with Crippen LogP contribution in [0.1, 0.15) is 12.0 Å². The zero-order valence-electron chi connectivity index (χ0n) is 7.61. The Morgan fingerprint density at radius 2 is 2.27 bits per heavy atom. The lowest BCUT2D eigenvalue weighted by atomic mass is 10.2. The molecular weight excluding hydrogens is 212 g/mol. The van der Waals surface area contributed by atoms with Gasteiger partial charge in [0.05, 0.1) is 12.0 Å². The fourth-order valence-electron chi connectivity index (χ4n) is 1.08. The molecule has 2 N–H and O–H groups in total. The molecule has 0 aliphatic carbocycles. The highest BCUT2D eigenvalue weighted by Crippen LogP contribution is 2.38. The molecule has 0 bridgehead atoms. The van der Waals surface area contributed by atoms with Gasteiger partial charge < -0.3 is 10.5 Å². The highest BCUT2D eigenvalue weighted by Gasteiger charge is 2.28.